The van der Waals surface area contributed by atoms with Crippen molar-refractivity contribution in [3.8, 4) is 0 Å². The number of ether oxygens (including phenoxy) is 1. The van der Waals surface area contributed by atoms with Crippen molar-refractivity contribution in [2.45, 2.75) is 32.9 Å². The first-order valence-corrected chi connectivity index (χ1v) is 6.00. The van der Waals surface area contributed by atoms with Crippen molar-refractivity contribution in [2.24, 2.45) is 0 Å². The van der Waals surface area contributed by atoms with E-state index >= 15 is 0 Å². The van der Waals surface area contributed by atoms with Gasteiger partial charge in [-0.25, -0.2) is 0 Å². The van der Waals surface area contributed by atoms with Crippen molar-refractivity contribution in [3.63, 3.8) is 0 Å². The Morgan fingerprint density at radius 2 is 2.06 bits per heavy atom. The highest BCUT2D eigenvalue weighted by atomic mass is 16.5. The molecule has 0 saturated carbocycles. The lowest BCUT2D eigenvalue weighted by atomic mass is 9.99. The molecule has 3 heteroatoms. The Labute approximate surface area is 102 Å². The molecule has 0 bridgehead atoms. The summed E-state index contributed by atoms with van der Waals surface area (Å²) in [5, 5.41) is 0. The number of nitrogens with zero attached hydrogens (tertiary/aromatic N) is 1. The third-order valence-electron chi connectivity index (χ3n) is 3.24. The van der Waals surface area contributed by atoms with Crippen LogP contribution in [0.5, 0.6) is 0 Å². The Kier molecular flexibility index (Phi) is 3.48. The van der Waals surface area contributed by atoms with Crippen LogP contribution in [0.15, 0.2) is 18.2 Å². The molecule has 0 radical (unpaired) electrons. The Morgan fingerprint density at radius 3 is 2.71 bits per heavy atom. The van der Waals surface area contributed by atoms with Gasteiger partial charge < -0.3 is 9.64 Å². The van der Waals surface area contributed by atoms with Gasteiger partial charge in [-0.1, -0.05) is 32.0 Å². The number of hydrogen-bond donors (Lipinski definition) is 0. The average molecular weight is 233 g/mol. The van der Waals surface area contributed by atoms with Gasteiger partial charge in [-0.05, 0) is 22.6 Å². The van der Waals surface area contributed by atoms with Crippen molar-refractivity contribution in [3.05, 3.63) is 34.9 Å². The van der Waals surface area contributed by atoms with Crippen molar-refractivity contribution in [1.29, 1.82) is 0 Å². The number of rotatable bonds is 3. The molecule has 0 aromatic heterocycles. The smallest absolute Gasteiger partial charge is 0.249 e. The molecular weight excluding hydrogens is 214 g/mol. The van der Waals surface area contributed by atoms with Gasteiger partial charge in [-0.3, -0.25) is 4.79 Å². The highest BCUT2D eigenvalue weighted by molar-refractivity contribution is 5.78. The first-order valence-electron chi connectivity index (χ1n) is 6.00. The van der Waals surface area contributed by atoms with Crippen molar-refractivity contribution < 1.29 is 9.53 Å². The second kappa shape index (κ2) is 4.88. The number of carbonyl (C=O) groups excluding carboxylic acids is 1. The summed E-state index contributed by atoms with van der Waals surface area (Å²) in [6.07, 6.45) is 0. The third-order valence-corrected chi connectivity index (χ3v) is 3.24. The molecule has 0 atom stereocenters. The fourth-order valence-corrected chi connectivity index (χ4v) is 2.16. The fourth-order valence-electron chi connectivity index (χ4n) is 2.16. The summed E-state index contributed by atoms with van der Waals surface area (Å²) in [5.74, 6) is 0.596. The molecule has 17 heavy (non-hydrogen) atoms. The average Bonchev–Trinajstić information content (AvgIpc) is 2.71. The Balaban J connectivity index is 2.14. The van der Waals surface area contributed by atoms with E-state index in [9.17, 15) is 4.79 Å². The van der Waals surface area contributed by atoms with Crippen LogP contribution in [-0.4, -0.2) is 24.5 Å². The first-order chi connectivity index (χ1) is 8.11. The van der Waals surface area contributed by atoms with E-state index in [0.717, 1.165) is 13.1 Å². The van der Waals surface area contributed by atoms with E-state index in [0.29, 0.717) is 5.92 Å². The summed E-state index contributed by atoms with van der Waals surface area (Å²) < 4.78 is 4.89. The SMILES string of the molecule is COCC(=O)N1Cc2ccc(C(C)C)cc2C1. The highest BCUT2D eigenvalue weighted by Crippen LogP contribution is 2.26. The Hall–Kier alpha value is -1.35. The zero-order chi connectivity index (χ0) is 12.4. The minimum absolute atomic E-state index is 0.0646. The molecule has 0 aliphatic carbocycles. The lowest BCUT2D eigenvalue weighted by molar-refractivity contribution is -0.135. The number of fused-ring (bicyclic) bond motifs is 1. The third kappa shape index (κ3) is 2.50. The predicted octanol–water partition coefficient (Wildman–Crippen LogP) is 2.30. The van der Waals surface area contributed by atoms with Crippen molar-refractivity contribution in [1.82, 2.24) is 4.90 Å². The molecule has 1 aliphatic heterocycles. The second-order valence-corrected chi connectivity index (χ2v) is 4.87. The summed E-state index contributed by atoms with van der Waals surface area (Å²) in [5.41, 5.74) is 3.88. The maximum absolute atomic E-state index is 11.7. The quantitative estimate of drug-likeness (QED) is 0.801. The van der Waals surface area contributed by atoms with Gasteiger partial charge >= 0.3 is 0 Å². The predicted molar refractivity (Wildman–Crippen MR) is 66.7 cm³/mol. The van der Waals surface area contributed by atoms with Crippen LogP contribution in [0.3, 0.4) is 0 Å². The first kappa shape index (κ1) is 12.1. The molecular formula is C14H19NO2. The maximum Gasteiger partial charge on any atom is 0.249 e. The van der Waals surface area contributed by atoms with Crippen LogP contribution in [0.4, 0.5) is 0 Å². The molecule has 1 aromatic carbocycles. The van der Waals surface area contributed by atoms with E-state index in [-0.39, 0.29) is 12.5 Å². The molecule has 1 aliphatic rings. The standard InChI is InChI=1S/C14H19NO2/c1-10(2)11-4-5-12-7-15(8-13(12)6-11)14(16)9-17-3/h4-6,10H,7-9H2,1-3H3. The van der Waals surface area contributed by atoms with Crippen LogP contribution in [0.25, 0.3) is 0 Å². The largest absolute Gasteiger partial charge is 0.375 e. The van der Waals surface area contributed by atoms with Gasteiger partial charge in [0.1, 0.15) is 6.61 Å². The van der Waals surface area contributed by atoms with Gasteiger partial charge in [-0.15, -0.1) is 0 Å². The lowest BCUT2D eigenvalue weighted by Gasteiger charge is -2.14. The maximum atomic E-state index is 11.7. The molecule has 1 heterocycles. The molecule has 2 rings (SSSR count). The van der Waals surface area contributed by atoms with Crippen LogP contribution < -0.4 is 0 Å². The molecule has 1 aromatic rings. The molecule has 0 saturated heterocycles. The second-order valence-electron chi connectivity index (χ2n) is 4.87. The zero-order valence-corrected chi connectivity index (χ0v) is 10.7. The normalized spacial score (nSPS) is 14.2. The van der Waals surface area contributed by atoms with E-state index in [1.807, 2.05) is 4.90 Å². The lowest BCUT2D eigenvalue weighted by Crippen LogP contribution is -2.28. The van der Waals surface area contributed by atoms with E-state index in [2.05, 4.69) is 32.0 Å². The van der Waals surface area contributed by atoms with Gasteiger partial charge in [-0.2, -0.15) is 0 Å². The summed E-state index contributed by atoms with van der Waals surface area (Å²) in [6.45, 7) is 5.98. The van der Waals surface area contributed by atoms with Crippen LogP contribution in [0.2, 0.25) is 0 Å². The summed E-state index contributed by atoms with van der Waals surface area (Å²) in [7, 11) is 1.55. The van der Waals surface area contributed by atoms with Crippen molar-refractivity contribution in [2.75, 3.05) is 13.7 Å². The van der Waals surface area contributed by atoms with Crippen molar-refractivity contribution >= 4 is 5.91 Å². The molecule has 1 amide bonds. The minimum atomic E-state index is 0.0646. The van der Waals surface area contributed by atoms with Gasteiger partial charge in [0, 0.05) is 20.2 Å². The molecule has 0 fully saturated rings. The molecule has 0 spiro atoms. The number of carbonyl (C=O) groups is 1. The van der Waals surface area contributed by atoms with Gasteiger partial charge in [0.2, 0.25) is 5.91 Å². The van der Waals surface area contributed by atoms with E-state index < -0.39 is 0 Å². The van der Waals surface area contributed by atoms with Crippen LogP contribution >= 0.6 is 0 Å². The summed E-state index contributed by atoms with van der Waals surface area (Å²) >= 11 is 0. The Bertz CT molecular complexity index is 426. The van der Waals surface area contributed by atoms with Crippen LogP contribution in [0, 0.1) is 0 Å². The molecule has 3 nitrogen and oxygen atoms in total. The van der Waals surface area contributed by atoms with Crippen LogP contribution in [0.1, 0.15) is 36.5 Å². The van der Waals surface area contributed by atoms with E-state index in [4.69, 9.17) is 4.74 Å². The molecule has 92 valence electrons. The fraction of sp³-hybridized carbons (Fsp3) is 0.500. The Morgan fingerprint density at radius 1 is 1.35 bits per heavy atom. The number of amides is 1. The van der Waals surface area contributed by atoms with Gasteiger partial charge in [0.25, 0.3) is 0 Å². The van der Waals surface area contributed by atoms with Gasteiger partial charge in [0.05, 0.1) is 0 Å². The number of methoxy groups -OCH3 is 1. The zero-order valence-electron chi connectivity index (χ0n) is 10.7. The van der Waals surface area contributed by atoms with Crippen LogP contribution in [-0.2, 0) is 22.6 Å². The molecule has 0 N–H and O–H groups in total. The minimum Gasteiger partial charge on any atom is -0.375 e. The van der Waals surface area contributed by atoms with E-state index in [1.54, 1.807) is 7.11 Å². The monoisotopic (exact) mass is 233 g/mol. The number of benzene rings is 1. The topological polar surface area (TPSA) is 29.5 Å². The summed E-state index contributed by atoms with van der Waals surface area (Å²) in [6, 6.07) is 6.53. The summed E-state index contributed by atoms with van der Waals surface area (Å²) in [4.78, 5) is 13.6. The van der Waals surface area contributed by atoms with E-state index in [1.165, 1.54) is 16.7 Å². The highest BCUT2D eigenvalue weighted by Gasteiger charge is 2.23. The number of hydrogen-bond acceptors (Lipinski definition) is 2. The molecule has 0 unspecified atom stereocenters. The van der Waals surface area contributed by atoms with Gasteiger partial charge in [0.15, 0.2) is 0 Å².